The minimum Gasteiger partial charge on any atom is -0.373 e. The molecule has 5 heteroatoms. The number of aryl methyl sites for hydroxylation is 1. The van der Waals surface area contributed by atoms with Crippen LogP contribution in [0.4, 0.5) is 5.82 Å². The predicted molar refractivity (Wildman–Crippen MR) is 63.3 cm³/mol. The third-order valence-corrected chi connectivity index (χ3v) is 2.53. The van der Waals surface area contributed by atoms with Crippen molar-refractivity contribution in [2.24, 2.45) is 0 Å². The Labute approximate surface area is 94.4 Å². The third-order valence-electron chi connectivity index (χ3n) is 2.53. The number of hydrogen-bond donors (Lipinski definition) is 2. The molecule has 0 aliphatic rings. The van der Waals surface area contributed by atoms with Gasteiger partial charge in [0.05, 0.1) is 0 Å². The first kappa shape index (κ1) is 10.6. The van der Waals surface area contributed by atoms with E-state index < -0.39 is 0 Å². The standard InChI is InChI=1S/C11H15N5/c1-4-8-7(2)9(12-3)16-11(15-8)10-13-5-6-14-10/h5-6H,4H2,1-3H3,(H,13,14)(H,12,15,16). The van der Waals surface area contributed by atoms with Crippen LogP contribution < -0.4 is 5.32 Å². The third kappa shape index (κ3) is 1.76. The highest BCUT2D eigenvalue weighted by Gasteiger charge is 2.11. The Morgan fingerprint density at radius 2 is 2.19 bits per heavy atom. The molecule has 2 N–H and O–H groups in total. The average molecular weight is 217 g/mol. The summed E-state index contributed by atoms with van der Waals surface area (Å²) in [5, 5.41) is 3.08. The molecule has 84 valence electrons. The maximum Gasteiger partial charge on any atom is 0.197 e. The summed E-state index contributed by atoms with van der Waals surface area (Å²) in [5.74, 6) is 2.20. The summed E-state index contributed by atoms with van der Waals surface area (Å²) >= 11 is 0. The molecule has 0 aliphatic heterocycles. The Kier molecular flexibility index (Phi) is 2.85. The summed E-state index contributed by atoms with van der Waals surface area (Å²) in [5.41, 5.74) is 2.14. The maximum absolute atomic E-state index is 4.50. The number of aromatic amines is 1. The number of nitrogens with zero attached hydrogens (tertiary/aromatic N) is 3. The van der Waals surface area contributed by atoms with Gasteiger partial charge in [-0.15, -0.1) is 0 Å². The normalized spacial score (nSPS) is 10.4. The number of hydrogen-bond acceptors (Lipinski definition) is 4. The van der Waals surface area contributed by atoms with Crippen molar-refractivity contribution in [2.75, 3.05) is 12.4 Å². The fourth-order valence-corrected chi connectivity index (χ4v) is 1.64. The van der Waals surface area contributed by atoms with Crippen LogP contribution in [0, 0.1) is 6.92 Å². The van der Waals surface area contributed by atoms with E-state index in [1.165, 1.54) is 0 Å². The van der Waals surface area contributed by atoms with E-state index in [1.54, 1.807) is 12.4 Å². The molecule has 0 atom stereocenters. The summed E-state index contributed by atoms with van der Waals surface area (Å²) in [7, 11) is 1.86. The Balaban J connectivity index is 2.56. The Morgan fingerprint density at radius 1 is 1.38 bits per heavy atom. The van der Waals surface area contributed by atoms with Crippen molar-refractivity contribution >= 4 is 5.82 Å². The van der Waals surface area contributed by atoms with Crippen molar-refractivity contribution in [1.82, 2.24) is 19.9 Å². The molecule has 0 spiro atoms. The molecule has 0 aromatic carbocycles. The average Bonchev–Trinajstić information content (AvgIpc) is 2.83. The lowest BCUT2D eigenvalue weighted by atomic mass is 10.2. The van der Waals surface area contributed by atoms with Gasteiger partial charge < -0.3 is 10.3 Å². The van der Waals surface area contributed by atoms with Crippen molar-refractivity contribution in [2.45, 2.75) is 20.3 Å². The lowest BCUT2D eigenvalue weighted by molar-refractivity contribution is 0.967. The van der Waals surface area contributed by atoms with Crippen LogP contribution in [0.1, 0.15) is 18.2 Å². The molecule has 0 fully saturated rings. The van der Waals surface area contributed by atoms with Crippen molar-refractivity contribution in [1.29, 1.82) is 0 Å². The summed E-state index contributed by atoms with van der Waals surface area (Å²) in [6.45, 7) is 4.11. The molecule has 2 heterocycles. The Morgan fingerprint density at radius 3 is 2.75 bits per heavy atom. The van der Waals surface area contributed by atoms with Crippen LogP contribution in [0.3, 0.4) is 0 Å². The number of imidazole rings is 1. The summed E-state index contributed by atoms with van der Waals surface area (Å²) in [6.07, 6.45) is 4.35. The molecule has 16 heavy (non-hydrogen) atoms. The summed E-state index contributed by atoms with van der Waals surface area (Å²) < 4.78 is 0. The van der Waals surface area contributed by atoms with Gasteiger partial charge in [-0.25, -0.2) is 15.0 Å². The maximum atomic E-state index is 4.50. The molecule has 0 aliphatic carbocycles. The number of H-pyrrole nitrogens is 1. The molecule has 0 unspecified atom stereocenters. The van der Waals surface area contributed by atoms with E-state index in [9.17, 15) is 0 Å². The van der Waals surface area contributed by atoms with Crippen molar-refractivity contribution in [3.63, 3.8) is 0 Å². The molecule has 5 nitrogen and oxygen atoms in total. The number of rotatable bonds is 3. The fourth-order valence-electron chi connectivity index (χ4n) is 1.64. The topological polar surface area (TPSA) is 66.5 Å². The van der Waals surface area contributed by atoms with Crippen LogP contribution in [0.2, 0.25) is 0 Å². The van der Waals surface area contributed by atoms with Gasteiger partial charge >= 0.3 is 0 Å². The van der Waals surface area contributed by atoms with Crippen molar-refractivity contribution < 1.29 is 0 Å². The monoisotopic (exact) mass is 217 g/mol. The molecular formula is C11H15N5. The van der Waals surface area contributed by atoms with E-state index in [0.29, 0.717) is 11.6 Å². The number of nitrogens with one attached hydrogen (secondary N) is 2. The quantitative estimate of drug-likeness (QED) is 0.822. The highest BCUT2D eigenvalue weighted by molar-refractivity contribution is 5.53. The number of aromatic nitrogens is 4. The van der Waals surface area contributed by atoms with Crippen molar-refractivity contribution in [3.05, 3.63) is 23.7 Å². The Hall–Kier alpha value is -1.91. The summed E-state index contributed by atoms with van der Waals surface area (Å²) in [4.78, 5) is 16.1. The molecule has 0 amide bonds. The Bertz CT molecular complexity index is 450. The van der Waals surface area contributed by atoms with E-state index in [0.717, 1.165) is 23.5 Å². The van der Waals surface area contributed by atoms with Crippen LogP contribution in [0.25, 0.3) is 11.6 Å². The van der Waals surface area contributed by atoms with E-state index in [2.05, 4.69) is 32.2 Å². The molecule has 2 aromatic heterocycles. The van der Waals surface area contributed by atoms with Gasteiger partial charge in [0.1, 0.15) is 5.82 Å². The second-order valence-corrected chi connectivity index (χ2v) is 3.51. The molecule has 0 saturated heterocycles. The first-order valence-electron chi connectivity index (χ1n) is 5.31. The predicted octanol–water partition coefficient (Wildman–Crippen LogP) is 1.78. The highest BCUT2D eigenvalue weighted by atomic mass is 15.1. The SMILES string of the molecule is CCc1nc(-c2ncc[nH]2)nc(NC)c1C. The zero-order chi connectivity index (χ0) is 11.5. The van der Waals surface area contributed by atoms with Crippen LogP contribution in [0.15, 0.2) is 12.4 Å². The molecule has 0 saturated carbocycles. The van der Waals surface area contributed by atoms with Gasteiger partial charge in [-0.3, -0.25) is 0 Å². The van der Waals surface area contributed by atoms with Crippen LogP contribution in [-0.2, 0) is 6.42 Å². The minimum absolute atomic E-state index is 0.636. The lowest BCUT2D eigenvalue weighted by Gasteiger charge is -2.09. The number of anilines is 1. The summed E-state index contributed by atoms with van der Waals surface area (Å²) in [6, 6.07) is 0. The van der Waals surface area contributed by atoms with Gasteiger partial charge in [-0.05, 0) is 13.3 Å². The van der Waals surface area contributed by atoms with E-state index >= 15 is 0 Å². The van der Waals surface area contributed by atoms with Crippen LogP contribution in [-0.4, -0.2) is 27.0 Å². The van der Waals surface area contributed by atoms with E-state index in [4.69, 9.17) is 0 Å². The minimum atomic E-state index is 0.636. The van der Waals surface area contributed by atoms with Crippen LogP contribution >= 0.6 is 0 Å². The van der Waals surface area contributed by atoms with Gasteiger partial charge in [-0.1, -0.05) is 6.92 Å². The molecule has 2 aromatic rings. The molecule has 0 bridgehead atoms. The first-order valence-corrected chi connectivity index (χ1v) is 5.31. The smallest absolute Gasteiger partial charge is 0.197 e. The van der Waals surface area contributed by atoms with E-state index in [-0.39, 0.29) is 0 Å². The van der Waals surface area contributed by atoms with Gasteiger partial charge in [0, 0.05) is 30.7 Å². The molecule has 2 rings (SSSR count). The fraction of sp³-hybridized carbons (Fsp3) is 0.364. The largest absolute Gasteiger partial charge is 0.373 e. The zero-order valence-electron chi connectivity index (χ0n) is 9.70. The van der Waals surface area contributed by atoms with Gasteiger partial charge in [0.25, 0.3) is 0 Å². The first-order chi connectivity index (χ1) is 7.76. The van der Waals surface area contributed by atoms with Gasteiger partial charge in [0.15, 0.2) is 11.6 Å². The van der Waals surface area contributed by atoms with Gasteiger partial charge in [0.2, 0.25) is 0 Å². The highest BCUT2D eigenvalue weighted by Crippen LogP contribution is 2.19. The van der Waals surface area contributed by atoms with Crippen LogP contribution in [0.5, 0.6) is 0 Å². The van der Waals surface area contributed by atoms with Gasteiger partial charge in [-0.2, -0.15) is 0 Å². The van der Waals surface area contributed by atoms with E-state index in [1.807, 2.05) is 14.0 Å². The lowest BCUT2D eigenvalue weighted by Crippen LogP contribution is -2.05. The second kappa shape index (κ2) is 4.30. The molecule has 0 radical (unpaired) electrons. The molecular weight excluding hydrogens is 202 g/mol. The van der Waals surface area contributed by atoms with Crippen molar-refractivity contribution in [3.8, 4) is 11.6 Å². The zero-order valence-corrected chi connectivity index (χ0v) is 9.70. The second-order valence-electron chi connectivity index (χ2n) is 3.51.